The van der Waals surface area contributed by atoms with E-state index in [1.807, 2.05) is 0 Å². The molecule has 174 valence electrons. The number of carbonyl (C=O) groups is 1. The van der Waals surface area contributed by atoms with E-state index in [-0.39, 0.29) is 22.3 Å². The molecule has 3 rings (SSSR count). The molecule has 0 fully saturated rings. The van der Waals surface area contributed by atoms with Crippen LogP contribution in [0.5, 0.6) is 11.5 Å². The third-order valence-electron chi connectivity index (χ3n) is 4.69. The molecule has 3 aromatic carbocycles. The number of anilines is 1. The van der Waals surface area contributed by atoms with Crippen LogP contribution in [-0.4, -0.2) is 19.2 Å². The van der Waals surface area contributed by atoms with E-state index in [2.05, 4.69) is 5.32 Å². The molecule has 0 spiro atoms. The Hall–Kier alpha value is -3.19. The Kier molecular flexibility index (Phi) is 6.65. The van der Waals surface area contributed by atoms with Crippen LogP contribution in [0.25, 0.3) is 0 Å². The molecule has 3 aromatic rings. The molecule has 0 aliphatic carbocycles. The Morgan fingerprint density at radius 1 is 0.939 bits per heavy atom. The predicted octanol–water partition coefficient (Wildman–Crippen LogP) is 6.58. The largest absolute Gasteiger partial charge is 0.456 e. The first-order valence-electron chi connectivity index (χ1n) is 9.57. The molecule has 1 N–H and O–H groups in total. The van der Waals surface area contributed by atoms with E-state index >= 15 is 0 Å². The van der Waals surface area contributed by atoms with Crippen LogP contribution in [0.2, 0.25) is 0 Å². The molecule has 33 heavy (non-hydrogen) atoms. The van der Waals surface area contributed by atoms with Gasteiger partial charge in [-0.1, -0.05) is 0 Å². The summed E-state index contributed by atoms with van der Waals surface area (Å²) < 4.78 is 85.0. The molecule has 4 nitrogen and oxygen atoms in total. The molecule has 0 saturated heterocycles. The van der Waals surface area contributed by atoms with Gasteiger partial charge in [-0.25, -0.2) is 8.78 Å². The number of hydrogen-bond donors (Lipinski definition) is 1. The van der Waals surface area contributed by atoms with Crippen molar-refractivity contribution in [2.24, 2.45) is 0 Å². The van der Waals surface area contributed by atoms with Crippen LogP contribution in [-0.2, 0) is 10.7 Å². The number of carbonyl (C=O) groups excluding carboxylic acids is 1. The number of hydrogen-bond acceptors (Lipinski definition) is 3. The molecule has 10 heteroatoms. The number of benzene rings is 3. The Bertz CT molecular complexity index is 1270. The molecule has 0 saturated carbocycles. The van der Waals surface area contributed by atoms with Crippen molar-refractivity contribution in [3.8, 4) is 11.5 Å². The summed E-state index contributed by atoms with van der Waals surface area (Å²) in [5, 5.41) is 2.38. The van der Waals surface area contributed by atoms with E-state index in [1.165, 1.54) is 38.5 Å². The molecule has 0 radical (unpaired) electrons. The summed E-state index contributed by atoms with van der Waals surface area (Å²) in [6, 6.07) is 9.27. The SMILES string of the molecule is Cc1cc(F)ccc1Oc1cc(C(F)(F)F)ccc1C(=O)Nc1ccc(F)c(P(C)(C)=O)c1. The Labute approximate surface area is 186 Å². The average Bonchev–Trinajstić information content (AvgIpc) is 2.70. The number of ether oxygens (including phenoxy) is 1. The zero-order valence-electron chi connectivity index (χ0n) is 17.8. The van der Waals surface area contributed by atoms with Gasteiger partial charge in [0.15, 0.2) is 0 Å². The maximum Gasteiger partial charge on any atom is 0.416 e. The second-order valence-electron chi connectivity index (χ2n) is 7.69. The second-order valence-corrected chi connectivity index (χ2v) is 10.9. The second kappa shape index (κ2) is 8.98. The fourth-order valence-corrected chi connectivity index (χ4v) is 4.06. The molecule has 0 aliphatic rings. The monoisotopic (exact) mass is 483 g/mol. The Morgan fingerprint density at radius 2 is 1.64 bits per heavy atom. The highest BCUT2D eigenvalue weighted by Gasteiger charge is 2.32. The lowest BCUT2D eigenvalue weighted by molar-refractivity contribution is -0.137. The normalized spacial score (nSPS) is 11.9. The molecular weight excluding hydrogens is 464 g/mol. The molecule has 0 unspecified atom stereocenters. The standard InChI is InChI=1S/C23H19F5NO3P/c1-13-10-15(24)5-9-19(13)32-20-11-14(23(26,27)28)4-7-17(20)22(30)29-16-6-8-18(25)21(12-16)33(2,3)31/h4-12H,1-3H3,(H,29,30). The van der Waals surface area contributed by atoms with Crippen molar-refractivity contribution < 1.29 is 36.0 Å². The van der Waals surface area contributed by atoms with Gasteiger partial charge in [0, 0.05) is 11.0 Å². The van der Waals surface area contributed by atoms with Gasteiger partial charge in [-0.15, -0.1) is 0 Å². The summed E-state index contributed by atoms with van der Waals surface area (Å²) >= 11 is 0. The maximum absolute atomic E-state index is 14.0. The van der Waals surface area contributed by atoms with Gasteiger partial charge in [0.05, 0.1) is 11.1 Å². The van der Waals surface area contributed by atoms with Crippen molar-refractivity contribution in [1.29, 1.82) is 0 Å². The van der Waals surface area contributed by atoms with Gasteiger partial charge < -0.3 is 14.6 Å². The van der Waals surface area contributed by atoms with Crippen LogP contribution in [0.15, 0.2) is 54.6 Å². The summed E-state index contributed by atoms with van der Waals surface area (Å²) in [5.41, 5.74) is -0.878. The Morgan fingerprint density at radius 3 is 2.24 bits per heavy atom. The van der Waals surface area contributed by atoms with E-state index in [0.29, 0.717) is 11.6 Å². The fraction of sp³-hybridized carbons (Fsp3) is 0.174. The first kappa shape index (κ1) is 24.5. The lowest BCUT2D eigenvalue weighted by atomic mass is 10.1. The molecular formula is C23H19F5NO3P. The topological polar surface area (TPSA) is 55.4 Å². The van der Waals surface area contributed by atoms with Crippen molar-refractivity contribution >= 4 is 24.0 Å². The van der Waals surface area contributed by atoms with Gasteiger partial charge in [-0.05, 0) is 80.4 Å². The highest BCUT2D eigenvalue weighted by Crippen LogP contribution is 2.38. The van der Waals surface area contributed by atoms with Crippen LogP contribution >= 0.6 is 7.14 Å². The minimum Gasteiger partial charge on any atom is -0.456 e. The van der Waals surface area contributed by atoms with Crippen molar-refractivity contribution in [3.63, 3.8) is 0 Å². The number of amides is 1. The van der Waals surface area contributed by atoms with Crippen molar-refractivity contribution in [1.82, 2.24) is 0 Å². The van der Waals surface area contributed by atoms with Crippen LogP contribution in [0.1, 0.15) is 21.5 Å². The molecule has 0 heterocycles. The zero-order valence-corrected chi connectivity index (χ0v) is 18.7. The van der Waals surface area contributed by atoms with Crippen LogP contribution < -0.4 is 15.4 Å². The van der Waals surface area contributed by atoms with Gasteiger partial charge in [0.2, 0.25) is 0 Å². The maximum atomic E-state index is 14.0. The fourth-order valence-electron chi connectivity index (χ4n) is 3.02. The summed E-state index contributed by atoms with van der Waals surface area (Å²) in [6.45, 7) is 4.23. The summed E-state index contributed by atoms with van der Waals surface area (Å²) in [4.78, 5) is 12.9. The quantitative estimate of drug-likeness (QED) is 0.329. The lowest BCUT2D eigenvalue weighted by Crippen LogP contribution is -2.17. The minimum atomic E-state index is -4.69. The number of nitrogens with one attached hydrogen (secondary N) is 1. The van der Waals surface area contributed by atoms with Gasteiger partial charge in [-0.2, -0.15) is 13.2 Å². The van der Waals surface area contributed by atoms with E-state index in [4.69, 9.17) is 4.74 Å². The molecule has 1 amide bonds. The van der Waals surface area contributed by atoms with Crippen LogP contribution in [0, 0.1) is 18.6 Å². The van der Waals surface area contributed by atoms with E-state index < -0.39 is 42.2 Å². The first-order chi connectivity index (χ1) is 15.3. The van der Waals surface area contributed by atoms with Gasteiger partial charge >= 0.3 is 6.18 Å². The van der Waals surface area contributed by atoms with Crippen LogP contribution in [0.3, 0.4) is 0 Å². The van der Waals surface area contributed by atoms with E-state index in [0.717, 1.165) is 30.3 Å². The van der Waals surface area contributed by atoms with Gasteiger partial charge in [0.25, 0.3) is 5.91 Å². The summed E-state index contributed by atoms with van der Waals surface area (Å²) in [7, 11) is -2.99. The predicted molar refractivity (Wildman–Crippen MR) is 116 cm³/mol. The average molecular weight is 483 g/mol. The van der Waals surface area contributed by atoms with E-state index in [1.54, 1.807) is 0 Å². The number of halogens is 5. The first-order valence-corrected chi connectivity index (χ1v) is 12.2. The summed E-state index contributed by atoms with van der Waals surface area (Å²) in [6.07, 6.45) is -4.69. The molecule has 0 aliphatic heterocycles. The highest BCUT2D eigenvalue weighted by molar-refractivity contribution is 7.70. The lowest BCUT2D eigenvalue weighted by Gasteiger charge is -2.16. The van der Waals surface area contributed by atoms with Crippen LogP contribution in [0.4, 0.5) is 27.6 Å². The van der Waals surface area contributed by atoms with Crippen molar-refractivity contribution in [2.75, 3.05) is 18.6 Å². The summed E-state index contributed by atoms with van der Waals surface area (Å²) in [5.74, 6) is -2.44. The Balaban J connectivity index is 2.01. The molecule has 0 aromatic heterocycles. The minimum absolute atomic E-state index is 0.0618. The van der Waals surface area contributed by atoms with Crippen molar-refractivity contribution in [3.05, 3.63) is 82.9 Å². The third-order valence-corrected chi connectivity index (χ3v) is 6.20. The van der Waals surface area contributed by atoms with Gasteiger partial charge in [0.1, 0.15) is 30.3 Å². The number of alkyl halides is 3. The smallest absolute Gasteiger partial charge is 0.416 e. The van der Waals surface area contributed by atoms with E-state index in [9.17, 15) is 31.3 Å². The molecule has 0 bridgehead atoms. The highest BCUT2D eigenvalue weighted by atomic mass is 31.2. The zero-order chi connectivity index (χ0) is 24.6. The molecule has 0 atom stereocenters. The van der Waals surface area contributed by atoms with Gasteiger partial charge in [-0.3, -0.25) is 4.79 Å². The number of rotatable bonds is 5. The third kappa shape index (κ3) is 5.79. The number of aryl methyl sites for hydroxylation is 1. The van der Waals surface area contributed by atoms with Crippen molar-refractivity contribution in [2.45, 2.75) is 13.1 Å².